The Balaban J connectivity index is 2.42. The SMILES string of the molecule is CC[C@@H]1C[C@]1(N)C(O)OC. The first-order valence-corrected chi connectivity index (χ1v) is 3.65. The van der Waals surface area contributed by atoms with Gasteiger partial charge in [0.15, 0.2) is 6.29 Å². The molecule has 0 bridgehead atoms. The fourth-order valence-electron chi connectivity index (χ4n) is 1.41. The zero-order valence-electron chi connectivity index (χ0n) is 6.50. The molecule has 0 aromatic carbocycles. The smallest absolute Gasteiger partial charge is 0.172 e. The summed E-state index contributed by atoms with van der Waals surface area (Å²) in [4.78, 5) is 0. The third kappa shape index (κ3) is 1.05. The minimum Gasteiger partial charge on any atom is -0.366 e. The molecule has 3 atom stereocenters. The lowest BCUT2D eigenvalue weighted by Gasteiger charge is -2.16. The van der Waals surface area contributed by atoms with Crippen LogP contribution in [0.1, 0.15) is 19.8 Å². The highest BCUT2D eigenvalue weighted by atomic mass is 16.6. The average Bonchev–Trinajstić information content (AvgIpc) is 2.61. The van der Waals surface area contributed by atoms with Crippen molar-refractivity contribution in [2.75, 3.05) is 7.11 Å². The standard InChI is InChI=1S/C7H15NO2/c1-3-5-4-7(5,8)6(9)10-2/h5-6,9H,3-4,8H2,1-2H3/t5-,6?,7-/m1/s1. The van der Waals surface area contributed by atoms with Gasteiger partial charge in [0.25, 0.3) is 0 Å². The molecule has 1 aliphatic carbocycles. The van der Waals surface area contributed by atoms with Crippen molar-refractivity contribution in [1.82, 2.24) is 0 Å². The van der Waals surface area contributed by atoms with E-state index in [1.54, 1.807) is 0 Å². The maximum absolute atomic E-state index is 9.21. The molecule has 3 nitrogen and oxygen atoms in total. The van der Waals surface area contributed by atoms with E-state index < -0.39 is 11.8 Å². The quantitative estimate of drug-likeness (QED) is 0.553. The van der Waals surface area contributed by atoms with E-state index in [1.807, 2.05) is 0 Å². The molecule has 0 saturated heterocycles. The number of aliphatic hydroxyl groups is 1. The lowest BCUT2D eigenvalue weighted by atomic mass is 10.2. The Morgan fingerprint density at radius 1 is 1.90 bits per heavy atom. The Hall–Kier alpha value is -0.120. The van der Waals surface area contributed by atoms with Crippen LogP contribution in [0.4, 0.5) is 0 Å². The molecule has 3 N–H and O–H groups in total. The van der Waals surface area contributed by atoms with E-state index in [0.29, 0.717) is 5.92 Å². The lowest BCUT2D eigenvalue weighted by molar-refractivity contribution is -0.100. The highest BCUT2D eigenvalue weighted by Crippen LogP contribution is 2.45. The number of nitrogens with two attached hydrogens (primary N) is 1. The molecule has 1 saturated carbocycles. The van der Waals surface area contributed by atoms with E-state index in [4.69, 9.17) is 10.5 Å². The first-order chi connectivity index (χ1) is 4.65. The van der Waals surface area contributed by atoms with Gasteiger partial charge in [-0.3, -0.25) is 0 Å². The van der Waals surface area contributed by atoms with Gasteiger partial charge in [-0.1, -0.05) is 13.3 Å². The maximum atomic E-state index is 9.21. The van der Waals surface area contributed by atoms with Gasteiger partial charge >= 0.3 is 0 Å². The van der Waals surface area contributed by atoms with Gasteiger partial charge in [-0.05, 0) is 12.3 Å². The van der Waals surface area contributed by atoms with Crippen molar-refractivity contribution in [3.63, 3.8) is 0 Å². The van der Waals surface area contributed by atoms with Crippen molar-refractivity contribution in [3.05, 3.63) is 0 Å². The minimum atomic E-state index is -0.780. The van der Waals surface area contributed by atoms with Crippen LogP contribution in [-0.4, -0.2) is 24.0 Å². The molecule has 0 aliphatic heterocycles. The monoisotopic (exact) mass is 145 g/mol. The van der Waals surface area contributed by atoms with Crippen molar-refractivity contribution < 1.29 is 9.84 Å². The fraction of sp³-hybridized carbons (Fsp3) is 1.00. The molecule has 60 valence electrons. The third-order valence-corrected chi connectivity index (χ3v) is 2.38. The number of rotatable bonds is 3. The van der Waals surface area contributed by atoms with Gasteiger partial charge in [0.2, 0.25) is 0 Å². The lowest BCUT2D eigenvalue weighted by Crippen LogP contribution is -2.40. The zero-order chi connectivity index (χ0) is 7.78. The summed E-state index contributed by atoms with van der Waals surface area (Å²) in [6.45, 7) is 2.07. The summed E-state index contributed by atoms with van der Waals surface area (Å²) < 4.78 is 4.74. The number of hydrogen-bond acceptors (Lipinski definition) is 3. The van der Waals surface area contributed by atoms with E-state index in [1.165, 1.54) is 7.11 Å². The van der Waals surface area contributed by atoms with Crippen LogP contribution in [-0.2, 0) is 4.74 Å². The van der Waals surface area contributed by atoms with Crippen LogP contribution in [0.15, 0.2) is 0 Å². The number of hydrogen-bond donors (Lipinski definition) is 2. The second-order valence-corrected chi connectivity index (χ2v) is 3.01. The molecule has 10 heavy (non-hydrogen) atoms. The zero-order valence-corrected chi connectivity index (χ0v) is 6.50. The summed E-state index contributed by atoms with van der Waals surface area (Å²) in [6, 6.07) is 0. The van der Waals surface area contributed by atoms with Gasteiger partial charge < -0.3 is 15.6 Å². The highest BCUT2D eigenvalue weighted by Gasteiger charge is 2.55. The van der Waals surface area contributed by atoms with Crippen LogP contribution in [0, 0.1) is 5.92 Å². The molecule has 0 amide bonds. The summed E-state index contributed by atoms with van der Waals surface area (Å²) in [5, 5.41) is 9.21. The second kappa shape index (κ2) is 2.49. The predicted molar refractivity (Wildman–Crippen MR) is 38.3 cm³/mol. The summed E-state index contributed by atoms with van der Waals surface area (Å²) in [5.74, 6) is 0.447. The largest absolute Gasteiger partial charge is 0.366 e. The first-order valence-electron chi connectivity index (χ1n) is 3.65. The number of ether oxygens (including phenoxy) is 1. The molecule has 0 heterocycles. The van der Waals surface area contributed by atoms with Gasteiger partial charge in [0, 0.05) is 7.11 Å². The molecule has 1 rings (SSSR count). The minimum absolute atomic E-state index is 0.441. The summed E-state index contributed by atoms with van der Waals surface area (Å²) in [7, 11) is 1.48. The summed E-state index contributed by atoms with van der Waals surface area (Å²) in [5.41, 5.74) is 5.34. The predicted octanol–water partition coefficient (Wildman–Crippen LogP) is 0.0786. The van der Waals surface area contributed by atoms with Crippen molar-refractivity contribution in [2.24, 2.45) is 11.7 Å². The molecule has 1 unspecified atom stereocenters. The van der Waals surface area contributed by atoms with Gasteiger partial charge in [0.05, 0.1) is 5.54 Å². The molecule has 0 aromatic rings. The van der Waals surface area contributed by atoms with Gasteiger partial charge in [0.1, 0.15) is 0 Å². The number of methoxy groups -OCH3 is 1. The Morgan fingerprint density at radius 3 is 2.80 bits per heavy atom. The Bertz CT molecular complexity index is 129. The average molecular weight is 145 g/mol. The topological polar surface area (TPSA) is 55.5 Å². The number of aliphatic hydroxyl groups excluding tert-OH is 1. The van der Waals surface area contributed by atoms with Crippen LogP contribution in [0.3, 0.4) is 0 Å². The molecule has 0 spiro atoms. The van der Waals surface area contributed by atoms with Crippen molar-refractivity contribution in [2.45, 2.75) is 31.6 Å². The Kier molecular flexibility index (Phi) is 1.99. The Labute approximate surface area is 61.2 Å². The van der Waals surface area contributed by atoms with Crippen LogP contribution in [0.2, 0.25) is 0 Å². The fourth-order valence-corrected chi connectivity index (χ4v) is 1.41. The van der Waals surface area contributed by atoms with Crippen molar-refractivity contribution in [3.8, 4) is 0 Å². The van der Waals surface area contributed by atoms with E-state index in [9.17, 15) is 5.11 Å². The van der Waals surface area contributed by atoms with Crippen molar-refractivity contribution >= 4 is 0 Å². The van der Waals surface area contributed by atoms with E-state index in [-0.39, 0.29) is 0 Å². The highest BCUT2D eigenvalue weighted by molar-refractivity contribution is 5.09. The normalized spacial score (nSPS) is 41.4. The molecule has 1 aliphatic rings. The first kappa shape index (κ1) is 7.98. The molecular weight excluding hydrogens is 130 g/mol. The van der Waals surface area contributed by atoms with E-state index in [2.05, 4.69) is 6.92 Å². The Morgan fingerprint density at radius 2 is 2.50 bits per heavy atom. The molecule has 0 radical (unpaired) electrons. The van der Waals surface area contributed by atoms with Crippen LogP contribution in [0.5, 0.6) is 0 Å². The second-order valence-electron chi connectivity index (χ2n) is 3.01. The summed E-state index contributed by atoms with van der Waals surface area (Å²) in [6.07, 6.45) is 1.13. The van der Waals surface area contributed by atoms with Gasteiger partial charge in [-0.2, -0.15) is 0 Å². The van der Waals surface area contributed by atoms with E-state index >= 15 is 0 Å². The molecule has 3 heteroatoms. The van der Waals surface area contributed by atoms with Crippen LogP contribution >= 0.6 is 0 Å². The summed E-state index contributed by atoms with van der Waals surface area (Å²) >= 11 is 0. The van der Waals surface area contributed by atoms with Crippen molar-refractivity contribution in [1.29, 1.82) is 0 Å². The third-order valence-electron chi connectivity index (χ3n) is 2.38. The van der Waals surface area contributed by atoms with Gasteiger partial charge in [-0.25, -0.2) is 0 Å². The molecule has 1 fully saturated rings. The van der Waals surface area contributed by atoms with Gasteiger partial charge in [-0.15, -0.1) is 0 Å². The molecular formula is C7H15NO2. The maximum Gasteiger partial charge on any atom is 0.172 e. The van der Waals surface area contributed by atoms with Crippen LogP contribution < -0.4 is 5.73 Å². The van der Waals surface area contributed by atoms with Crippen LogP contribution in [0.25, 0.3) is 0 Å². The van der Waals surface area contributed by atoms with E-state index in [0.717, 1.165) is 12.8 Å². The molecule has 0 aromatic heterocycles.